The third-order valence-electron chi connectivity index (χ3n) is 3.94. The van der Waals surface area contributed by atoms with Crippen LogP contribution in [0.4, 0.5) is 13.2 Å². The van der Waals surface area contributed by atoms with Crippen molar-refractivity contribution >= 4 is 5.91 Å². The summed E-state index contributed by atoms with van der Waals surface area (Å²) in [5, 5.41) is 2.78. The topological polar surface area (TPSA) is 64.3 Å². The van der Waals surface area contributed by atoms with E-state index in [1.54, 1.807) is 37.3 Å². The third-order valence-corrected chi connectivity index (χ3v) is 3.94. The summed E-state index contributed by atoms with van der Waals surface area (Å²) in [6, 6.07) is 11.4. The Morgan fingerprint density at radius 3 is 2.41 bits per heavy atom. The van der Waals surface area contributed by atoms with Crippen LogP contribution in [0.1, 0.15) is 31.4 Å². The largest absolute Gasteiger partial charge is 0.457 e. The molecule has 2 aromatic carbocycles. The lowest BCUT2D eigenvalue weighted by molar-refractivity contribution is -0.137. The second-order valence-corrected chi connectivity index (χ2v) is 6.37. The van der Waals surface area contributed by atoms with E-state index in [2.05, 4.69) is 5.32 Å². The maximum absolute atomic E-state index is 12.8. The molecule has 0 heterocycles. The number of rotatable bonds is 7. The molecule has 0 aliphatic rings. The van der Waals surface area contributed by atoms with Crippen LogP contribution in [0.2, 0.25) is 0 Å². The van der Waals surface area contributed by atoms with E-state index in [9.17, 15) is 18.0 Å². The first-order chi connectivity index (χ1) is 13.7. The van der Waals surface area contributed by atoms with Gasteiger partial charge in [-0.3, -0.25) is 4.79 Å². The number of nitrogens with two attached hydrogens (primary N) is 1. The van der Waals surface area contributed by atoms with Crippen molar-refractivity contribution < 1.29 is 22.7 Å². The van der Waals surface area contributed by atoms with Crippen molar-refractivity contribution in [2.45, 2.75) is 33.0 Å². The number of allylic oxidation sites excluding steroid dienone is 2. The molecular weight excluding hydrogens is 381 g/mol. The van der Waals surface area contributed by atoms with Crippen molar-refractivity contribution in [2.24, 2.45) is 5.73 Å². The summed E-state index contributed by atoms with van der Waals surface area (Å²) in [6.45, 7) is 3.82. The number of alkyl halides is 3. The van der Waals surface area contributed by atoms with E-state index in [0.717, 1.165) is 24.1 Å². The molecule has 0 unspecified atom stereocenters. The van der Waals surface area contributed by atoms with Gasteiger partial charge in [0.1, 0.15) is 11.5 Å². The van der Waals surface area contributed by atoms with Crippen LogP contribution in [0.15, 0.2) is 72.0 Å². The van der Waals surface area contributed by atoms with Crippen molar-refractivity contribution in [2.75, 3.05) is 0 Å². The molecule has 29 heavy (non-hydrogen) atoms. The van der Waals surface area contributed by atoms with Crippen LogP contribution in [0, 0.1) is 0 Å². The SMILES string of the molecule is CC/C=C\C(C(=O)NCc1cccc(Oc2cccc(C(F)(F)F)c2)c1)=C(/C)N. The van der Waals surface area contributed by atoms with Crippen molar-refractivity contribution in [3.8, 4) is 11.5 Å². The van der Waals surface area contributed by atoms with Crippen LogP contribution in [0.25, 0.3) is 0 Å². The van der Waals surface area contributed by atoms with Crippen molar-refractivity contribution in [1.82, 2.24) is 5.32 Å². The number of benzene rings is 2. The van der Waals surface area contributed by atoms with Gasteiger partial charge in [0.25, 0.3) is 5.91 Å². The van der Waals surface area contributed by atoms with E-state index < -0.39 is 11.7 Å². The summed E-state index contributed by atoms with van der Waals surface area (Å²) in [4.78, 5) is 12.3. The highest BCUT2D eigenvalue weighted by Gasteiger charge is 2.30. The van der Waals surface area contributed by atoms with Gasteiger partial charge >= 0.3 is 6.18 Å². The number of hydrogen-bond acceptors (Lipinski definition) is 3. The monoisotopic (exact) mass is 404 g/mol. The van der Waals surface area contributed by atoms with Crippen molar-refractivity contribution in [3.05, 3.63) is 83.1 Å². The second kappa shape index (κ2) is 9.82. The number of amides is 1. The number of ether oxygens (including phenoxy) is 1. The molecule has 2 aromatic rings. The Labute approximate surface area is 167 Å². The lowest BCUT2D eigenvalue weighted by Crippen LogP contribution is -2.25. The first kappa shape index (κ1) is 22.1. The number of carbonyl (C=O) groups excluding carboxylic acids is 1. The fourth-order valence-corrected chi connectivity index (χ4v) is 2.49. The van der Waals surface area contributed by atoms with Crippen LogP contribution < -0.4 is 15.8 Å². The van der Waals surface area contributed by atoms with Crippen LogP contribution in [-0.2, 0) is 17.5 Å². The zero-order valence-corrected chi connectivity index (χ0v) is 16.2. The minimum absolute atomic E-state index is 0.0784. The van der Waals surface area contributed by atoms with Gasteiger partial charge in [0, 0.05) is 12.2 Å². The minimum Gasteiger partial charge on any atom is -0.457 e. The van der Waals surface area contributed by atoms with Gasteiger partial charge < -0.3 is 15.8 Å². The molecule has 0 aromatic heterocycles. The maximum Gasteiger partial charge on any atom is 0.416 e. The summed E-state index contributed by atoms with van der Waals surface area (Å²) in [5.74, 6) is 0.140. The lowest BCUT2D eigenvalue weighted by atomic mass is 10.1. The fourth-order valence-electron chi connectivity index (χ4n) is 2.49. The van der Waals surface area contributed by atoms with Crippen LogP contribution in [-0.4, -0.2) is 5.91 Å². The van der Waals surface area contributed by atoms with Gasteiger partial charge in [-0.05, 0) is 49.2 Å². The van der Waals surface area contributed by atoms with Gasteiger partial charge in [-0.2, -0.15) is 13.2 Å². The van der Waals surface area contributed by atoms with E-state index in [1.165, 1.54) is 12.1 Å². The van der Waals surface area contributed by atoms with Gasteiger partial charge in [0.05, 0.1) is 11.1 Å². The van der Waals surface area contributed by atoms with Gasteiger partial charge in [0.2, 0.25) is 0 Å². The number of halogens is 3. The average molecular weight is 404 g/mol. The minimum atomic E-state index is -4.44. The highest BCUT2D eigenvalue weighted by Crippen LogP contribution is 2.32. The number of hydrogen-bond donors (Lipinski definition) is 2. The summed E-state index contributed by atoms with van der Waals surface area (Å²) in [5.41, 5.74) is 6.52. The van der Waals surface area contributed by atoms with Crippen molar-refractivity contribution in [1.29, 1.82) is 0 Å². The first-order valence-corrected chi connectivity index (χ1v) is 9.06. The second-order valence-electron chi connectivity index (χ2n) is 6.37. The summed E-state index contributed by atoms with van der Waals surface area (Å²) < 4.78 is 44.0. The average Bonchev–Trinajstić information content (AvgIpc) is 2.66. The fraction of sp³-hybridized carbons (Fsp3) is 0.227. The maximum atomic E-state index is 12.8. The molecule has 4 nitrogen and oxygen atoms in total. The third kappa shape index (κ3) is 6.71. The van der Waals surface area contributed by atoms with E-state index >= 15 is 0 Å². The summed E-state index contributed by atoms with van der Waals surface area (Å²) >= 11 is 0. The van der Waals surface area contributed by atoms with Gasteiger partial charge in [-0.15, -0.1) is 0 Å². The Hall–Kier alpha value is -3.22. The molecule has 0 fully saturated rings. The molecule has 0 atom stereocenters. The predicted molar refractivity (Wildman–Crippen MR) is 106 cm³/mol. The highest BCUT2D eigenvalue weighted by molar-refractivity contribution is 5.96. The highest BCUT2D eigenvalue weighted by atomic mass is 19.4. The number of carbonyl (C=O) groups is 1. The molecule has 7 heteroatoms. The normalized spacial score (nSPS) is 12.6. The molecule has 0 radical (unpaired) electrons. The zero-order valence-electron chi connectivity index (χ0n) is 16.2. The smallest absolute Gasteiger partial charge is 0.416 e. The van der Waals surface area contributed by atoms with Gasteiger partial charge in [-0.1, -0.05) is 37.3 Å². The van der Waals surface area contributed by atoms with E-state index in [4.69, 9.17) is 10.5 Å². The zero-order chi connectivity index (χ0) is 21.4. The molecule has 3 N–H and O–H groups in total. The van der Waals surface area contributed by atoms with E-state index in [1.807, 2.05) is 13.0 Å². The van der Waals surface area contributed by atoms with Gasteiger partial charge in [-0.25, -0.2) is 0 Å². The molecule has 1 amide bonds. The molecule has 0 saturated heterocycles. The van der Waals surface area contributed by atoms with Crippen LogP contribution in [0.3, 0.4) is 0 Å². The predicted octanol–water partition coefficient (Wildman–Crippen LogP) is 5.31. The Bertz CT molecular complexity index is 914. The van der Waals surface area contributed by atoms with Crippen molar-refractivity contribution in [3.63, 3.8) is 0 Å². The number of nitrogens with one attached hydrogen (secondary N) is 1. The van der Waals surface area contributed by atoms with Crippen LogP contribution >= 0.6 is 0 Å². The molecule has 2 rings (SSSR count). The molecule has 0 spiro atoms. The standard InChI is InChI=1S/C22H23F3N2O2/c1-3-4-11-20(15(2)26)21(28)27-14-16-7-5-9-18(12-16)29-19-10-6-8-17(13-19)22(23,24)25/h4-13H,3,14,26H2,1-2H3,(H,27,28)/b11-4-,20-15-. The van der Waals surface area contributed by atoms with E-state index in [-0.39, 0.29) is 18.2 Å². The summed E-state index contributed by atoms with van der Waals surface area (Å²) in [7, 11) is 0. The Balaban J connectivity index is 2.08. The Morgan fingerprint density at radius 2 is 1.79 bits per heavy atom. The molecule has 154 valence electrons. The molecular formula is C22H23F3N2O2. The molecule has 0 aliphatic heterocycles. The Kier molecular flexibility index (Phi) is 7.47. The molecule has 0 bridgehead atoms. The Morgan fingerprint density at radius 1 is 1.14 bits per heavy atom. The quantitative estimate of drug-likeness (QED) is 0.485. The van der Waals surface area contributed by atoms with E-state index in [0.29, 0.717) is 17.0 Å². The lowest BCUT2D eigenvalue weighted by Gasteiger charge is -2.11. The summed E-state index contributed by atoms with van der Waals surface area (Å²) in [6.07, 6.45) is -0.143. The first-order valence-electron chi connectivity index (χ1n) is 9.06. The van der Waals surface area contributed by atoms with Crippen LogP contribution in [0.5, 0.6) is 11.5 Å². The molecule has 0 saturated carbocycles. The molecule has 0 aliphatic carbocycles. The van der Waals surface area contributed by atoms with Gasteiger partial charge in [0.15, 0.2) is 0 Å².